The number of amides is 1. The van der Waals surface area contributed by atoms with Crippen LogP contribution >= 0.6 is 0 Å². The van der Waals surface area contributed by atoms with Gasteiger partial charge in [-0.3, -0.25) is 15.1 Å². The monoisotopic (exact) mass is 511 g/mol. The molecule has 4 aliphatic rings. The van der Waals surface area contributed by atoms with Gasteiger partial charge in [-0.2, -0.15) is 0 Å². The molecule has 2 aromatic heterocycles. The van der Waals surface area contributed by atoms with E-state index in [4.69, 9.17) is 10.1 Å². The average Bonchev–Trinajstić information content (AvgIpc) is 3.64. The number of anilines is 2. The number of nitrogens with zero attached hydrogens (tertiary/aromatic N) is 7. The second-order valence-corrected chi connectivity index (χ2v) is 10.1. The highest BCUT2D eigenvalue weighted by atomic mass is 16.2. The van der Waals surface area contributed by atoms with Gasteiger partial charge >= 0.3 is 0 Å². The van der Waals surface area contributed by atoms with E-state index in [1.807, 2.05) is 44.6 Å². The van der Waals surface area contributed by atoms with Crippen molar-refractivity contribution in [3.63, 3.8) is 0 Å². The molecule has 11 nitrogen and oxygen atoms in total. The first-order valence-electron chi connectivity index (χ1n) is 12.8. The fraction of sp³-hybridized carbons (Fsp3) is 0.333. The predicted octanol–water partition coefficient (Wildman–Crippen LogP) is 2.61. The van der Waals surface area contributed by atoms with E-state index >= 15 is 0 Å². The molecule has 3 N–H and O–H groups in total. The van der Waals surface area contributed by atoms with E-state index < -0.39 is 0 Å². The molecule has 6 rings (SSSR count). The number of carbonyl (C=O) groups is 1. The van der Waals surface area contributed by atoms with Crippen LogP contribution in [0.1, 0.15) is 41.4 Å². The van der Waals surface area contributed by atoms with Crippen LogP contribution in [0.3, 0.4) is 0 Å². The molecule has 1 fully saturated rings. The fourth-order valence-electron chi connectivity index (χ4n) is 4.78. The van der Waals surface area contributed by atoms with E-state index in [-0.39, 0.29) is 16.5 Å². The third-order valence-electron chi connectivity index (χ3n) is 7.09. The number of hydrogen-bond donors (Lipinski definition) is 3. The lowest BCUT2D eigenvalue weighted by molar-refractivity contribution is -0.875. The van der Waals surface area contributed by atoms with Gasteiger partial charge in [0.15, 0.2) is 12.2 Å². The molecule has 11 heteroatoms. The third-order valence-corrected chi connectivity index (χ3v) is 7.09. The SMILES string of the molecule is CN1CNC=C1C[N+]1(C)N=C(C2CC=CC=N2)C=C1NC(=O)c1nc(C2CC2)ccc1Nc1cncnc1. The molecule has 0 aromatic carbocycles. The van der Waals surface area contributed by atoms with Gasteiger partial charge in [0.05, 0.1) is 43.2 Å². The number of hydrogen-bond acceptors (Lipinski definition) is 9. The van der Waals surface area contributed by atoms with Gasteiger partial charge in [-0.15, -0.1) is 4.59 Å². The summed E-state index contributed by atoms with van der Waals surface area (Å²) in [4.78, 5) is 33.5. The number of carbonyl (C=O) groups excluding carboxylic acids is 1. The minimum atomic E-state index is -0.294. The normalized spacial score (nSPS) is 24.0. The number of likely N-dealkylation sites (N-methyl/N-ethyl adjacent to an activating group) is 2. The maximum absolute atomic E-state index is 13.9. The molecule has 1 aliphatic carbocycles. The van der Waals surface area contributed by atoms with E-state index in [2.05, 4.69) is 41.9 Å². The number of allylic oxidation sites excluding steroid dienone is 1. The van der Waals surface area contributed by atoms with Crippen molar-refractivity contribution in [2.24, 2.45) is 10.1 Å². The summed E-state index contributed by atoms with van der Waals surface area (Å²) in [6, 6.07) is 3.82. The molecule has 2 aromatic rings. The first-order chi connectivity index (χ1) is 18.5. The van der Waals surface area contributed by atoms with E-state index in [0.717, 1.165) is 43.0 Å². The Bertz CT molecular complexity index is 1390. The summed E-state index contributed by atoms with van der Waals surface area (Å²) in [5, 5.41) is 14.8. The fourth-order valence-corrected chi connectivity index (χ4v) is 4.78. The zero-order valence-corrected chi connectivity index (χ0v) is 21.5. The zero-order valence-electron chi connectivity index (χ0n) is 21.5. The van der Waals surface area contributed by atoms with Gasteiger partial charge < -0.3 is 15.5 Å². The highest BCUT2D eigenvalue weighted by Gasteiger charge is 2.40. The largest absolute Gasteiger partial charge is 0.372 e. The van der Waals surface area contributed by atoms with Crippen molar-refractivity contribution >= 4 is 29.2 Å². The topological polar surface area (TPSA) is 120 Å². The van der Waals surface area contributed by atoms with Crippen molar-refractivity contribution < 1.29 is 9.39 Å². The Morgan fingerprint density at radius 1 is 1.24 bits per heavy atom. The second-order valence-electron chi connectivity index (χ2n) is 10.1. The van der Waals surface area contributed by atoms with E-state index in [1.165, 1.54) is 6.33 Å². The number of aliphatic imine (C=N–C) groups is 1. The van der Waals surface area contributed by atoms with Crippen molar-refractivity contribution in [2.45, 2.75) is 31.2 Å². The van der Waals surface area contributed by atoms with Gasteiger partial charge in [0.1, 0.15) is 18.1 Å². The summed E-state index contributed by atoms with van der Waals surface area (Å²) >= 11 is 0. The number of rotatable bonds is 8. The van der Waals surface area contributed by atoms with Gasteiger partial charge in [0.2, 0.25) is 5.82 Å². The second kappa shape index (κ2) is 9.82. The summed E-state index contributed by atoms with van der Waals surface area (Å²) in [6.45, 7) is 1.32. The summed E-state index contributed by atoms with van der Waals surface area (Å²) in [7, 11) is 4.04. The Morgan fingerprint density at radius 3 is 2.79 bits per heavy atom. The lowest BCUT2D eigenvalue weighted by atomic mass is 10.1. The highest BCUT2D eigenvalue weighted by molar-refractivity contribution is 6.04. The maximum Gasteiger partial charge on any atom is 0.280 e. The van der Waals surface area contributed by atoms with Crippen molar-refractivity contribution in [2.75, 3.05) is 32.6 Å². The standard InChI is InChI=1S/C27H30N10O/c1-36-17-30-14-20(36)15-37(2)25(11-24(35-37)22-5-3-4-10-31-22)34-27(38)26-23(32-19-12-28-16-29-13-19)9-8-21(33-26)18-6-7-18/h3-4,8-14,16,18,22,30H,5-7,15,17H2,1-2H3,(H-,32,34,35,38)/p+1. The van der Waals surface area contributed by atoms with Crippen molar-refractivity contribution in [3.05, 3.63) is 78.2 Å². The first-order valence-corrected chi connectivity index (χ1v) is 12.8. The molecule has 2 unspecified atom stereocenters. The van der Waals surface area contributed by atoms with Crippen LogP contribution in [0.15, 0.2) is 76.9 Å². The van der Waals surface area contributed by atoms with Crippen molar-refractivity contribution in [3.8, 4) is 0 Å². The molecule has 38 heavy (non-hydrogen) atoms. The molecule has 1 saturated carbocycles. The Labute approximate surface area is 221 Å². The number of pyridine rings is 1. The molecular weight excluding hydrogens is 480 g/mol. The summed E-state index contributed by atoms with van der Waals surface area (Å²) < 4.78 is 0.173. The molecule has 2 atom stereocenters. The van der Waals surface area contributed by atoms with Crippen molar-refractivity contribution in [1.29, 1.82) is 0 Å². The number of dihydropyridines is 1. The van der Waals surface area contributed by atoms with Gasteiger partial charge in [0, 0.05) is 37.2 Å². The lowest BCUT2D eigenvalue weighted by Crippen LogP contribution is -2.46. The van der Waals surface area contributed by atoms with Crippen LogP contribution in [0.4, 0.5) is 11.4 Å². The minimum Gasteiger partial charge on any atom is -0.372 e. The summed E-state index contributed by atoms with van der Waals surface area (Å²) in [6.07, 6.45) is 17.6. The number of quaternary nitrogens is 1. The zero-order chi connectivity index (χ0) is 26.1. The molecule has 1 amide bonds. The third kappa shape index (κ3) is 4.92. The van der Waals surface area contributed by atoms with Gasteiger partial charge in [-0.05, 0) is 37.5 Å². The Hall–Kier alpha value is -4.38. The first kappa shape index (κ1) is 24.0. The van der Waals surface area contributed by atoms with Crippen LogP contribution in [0, 0.1) is 0 Å². The maximum atomic E-state index is 13.9. The van der Waals surface area contributed by atoms with Crippen LogP contribution in [0.25, 0.3) is 0 Å². The molecule has 0 radical (unpaired) electrons. The van der Waals surface area contributed by atoms with Gasteiger partial charge in [-0.1, -0.05) is 11.2 Å². The van der Waals surface area contributed by atoms with Crippen molar-refractivity contribution in [1.82, 2.24) is 30.5 Å². The number of nitrogens with one attached hydrogen (secondary N) is 3. The summed E-state index contributed by atoms with van der Waals surface area (Å²) in [5.41, 5.74) is 4.49. The molecular formula is C27H31N10O+. The Balaban J connectivity index is 1.31. The Morgan fingerprint density at radius 2 is 2.08 bits per heavy atom. The van der Waals surface area contributed by atoms with E-state index in [0.29, 0.717) is 35.4 Å². The van der Waals surface area contributed by atoms with Crippen LogP contribution in [-0.4, -0.2) is 75.6 Å². The van der Waals surface area contributed by atoms with Crippen LogP contribution in [0.2, 0.25) is 0 Å². The smallest absolute Gasteiger partial charge is 0.280 e. The van der Waals surface area contributed by atoms with Gasteiger partial charge in [-0.25, -0.2) is 15.0 Å². The quantitative estimate of drug-likeness (QED) is 0.466. The van der Waals surface area contributed by atoms with E-state index in [1.54, 1.807) is 18.6 Å². The molecule has 0 saturated heterocycles. The summed E-state index contributed by atoms with van der Waals surface area (Å²) in [5.74, 6) is 0.799. The Kier molecular flexibility index (Phi) is 6.20. The molecule has 194 valence electrons. The minimum absolute atomic E-state index is 0.0770. The van der Waals surface area contributed by atoms with E-state index in [9.17, 15) is 4.79 Å². The molecule has 0 bridgehead atoms. The highest BCUT2D eigenvalue weighted by Crippen LogP contribution is 2.40. The van der Waals surface area contributed by atoms with Crippen LogP contribution in [0.5, 0.6) is 0 Å². The molecule has 0 spiro atoms. The molecule has 3 aliphatic heterocycles. The average molecular weight is 512 g/mol. The van der Waals surface area contributed by atoms with Gasteiger partial charge in [0.25, 0.3) is 5.91 Å². The van der Waals surface area contributed by atoms with Crippen LogP contribution in [-0.2, 0) is 0 Å². The van der Waals surface area contributed by atoms with Crippen LogP contribution < -0.4 is 16.0 Å². The number of aromatic nitrogens is 3. The predicted molar refractivity (Wildman–Crippen MR) is 145 cm³/mol. The lowest BCUT2D eigenvalue weighted by Gasteiger charge is -2.28. The molecule has 5 heterocycles.